The highest BCUT2D eigenvalue weighted by atomic mass is 16.5. The smallest absolute Gasteiger partial charge is 0.261 e. The van der Waals surface area contributed by atoms with Crippen LogP contribution in [0.2, 0.25) is 0 Å². The number of benzene rings is 1. The summed E-state index contributed by atoms with van der Waals surface area (Å²) in [6, 6.07) is 9.26. The molecule has 3 rings (SSSR count). The van der Waals surface area contributed by atoms with Gasteiger partial charge in [0.2, 0.25) is 0 Å². The van der Waals surface area contributed by atoms with Crippen molar-refractivity contribution in [2.45, 2.75) is 13.0 Å². The van der Waals surface area contributed by atoms with Gasteiger partial charge >= 0.3 is 0 Å². The number of aromatic nitrogens is 3. The molecular formula is C16H15N3O2. The van der Waals surface area contributed by atoms with E-state index in [2.05, 4.69) is 9.97 Å². The van der Waals surface area contributed by atoms with Crippen molar-refractivity contribution in [3.05, 3.63) is 65.0 Å². The molecule has 0 aliphatic heterocycles. The van der Waals surface area contributed by atoms with Gasteiger partial charge in [0, 0.05) is 18.9 Å². The van der Waals surface area contributed by atoms with Gasteiger partial charge in [0.05, 0.1) is 18.8 Å². The first-order valence-electron chi connectivity index (χ1n) is 6.70. The maximum Gasteiger partial charge on any atom is 0.261 e. The topological polar surface area (TPSA) is 57.0 Å². The molecule has 0 aliphatic carbocycles. The summed E-state index contributed by atoms with van der Waals surface area (Å²) < 4.78 is 6.85. The van der Waals surface area contributed by atoms with Crippen molar-refractivity contribution in [1.82, 2.24) is 14.5 Å². The Morgan fingerprint density at radius 3 is 2.90 bits per heavy atom. The number of aryl methyl sites for hydroxylation is 2. The molecule has 0 N–H and O–H groups in total. The molecule has 106 valence electrons. The van der Waals surface area contributed by atoms with E-state index in [1.54, 1.807) is 42.4 Å². The number of hydrogen-bond acceptors (Lipinski definition) is 4. The molecule has 0 radical (unpaired) electrons. The van der Waals surface area contributed by atoms with E-state index >= 15 is 0 Å². The summed E-state index contributed by atoms with van der Waals surface area (Å²) in [7, 11) is 1.57. The Bertz CT molecular complexity index is 813. The summed E-state index contributed by atoms with van der Waals surface area (Å²) in [5, 5.41) is 0.572. The normalized spacial score (nSPS) is 10.7. The molecule has 0 aliphatic rings. The number of fused-ring (bicyclic) bond motifs is 1. The van der Waals surface area contributed by atoms with E-state index in [9.17, 15) is 4.79 Å². The average Bonchev–Trinajstić information content (AvgIpc) is 2.55. The molecule has 0 saturated heterocycles. The Kier molecular flexibility index (Phi) is 3.64. The van der Waals surface area contributed by atoms with Crippen molar-refractivity contribution in [3.63, 3.8) is 0 Å². The van der Waals surface area contributed by atoms with E-state index in [4.69, 9.17) is 4.74 Å². The molecule has 21 heavy (non-hydrogen) atoms. The van der Waals surface area contributed by atoms with Gasteiger partial charge in [-0.25, -0.2) is 4.98 Å². The van der Waals surface area contributed by atoms with Gasteiger partial charge in [-0.2, -0.15) is 0 Å². The molecule has 0 bridgehead atoms. The van der Waals surface area contributed by atoms with Crippen LogP contribution in [-0.4, -0.2) is 21.6 Å². The zero-order valence-electron chi connectivity index (χ0n) is 11.7. The van der Waals surface area contributed by atoms with Crippen LogP contribution in [0.4, 0.5) is 0 Å². The van der Waals surface area contributed by atoms with Gasteiger partial charge in [-0.3, -0.25) is 14.3 Å². The van der Waals surface area contributed by atoms with Gasteiger partial charge in [-0.05, 0) is 30.2 Å². The van der Waals surface area contributed by atoms with Crippen molar-refractivity contribution in [1.29, 1.82) is 0 Å². The average molecular weight is 281 g/mol. The molecule has 5 heteroatoms. The standard InChI is InChI=1S/C16H15N3O2/c1-21-14-6-2-5-13-15(14)18-11-19(16(13)20)9-7-12-4-3-8-17-10-12/h2-6,8,10-11H,7,9H2,1H3. The van der Waals surface area contributed by atoms with Gasteiger partial charge in [0.25, 0.3) is 5.56 Å². The Morgan fingerprint density at radius 2 is 2.14 bits per heavy atom. The zero-order chi connectivity index (χ0) is 14.7. The lowest BCUT2D eigenvalue weighted by molar-refractivity contribution is 0.418. The Balaban J connectivity index is 1.94. The number of ether oxygens (including phenoxy) is 1. The van der Waals surface area contributed by atoms with Crippen molar-refractivity contribution in [2.75, 3.05) is 7.11 Å². The Hall–Kier alpha value is -2.69. The number of nitrogens with zero attached hydrogens (tertiary/aromatic N) is 3. The summed E-state index contributed by atoms with van der Waals surface area (Å²) in [4.78, 5) is 20.9. The number of para-hydroxylation sites is 1. The lowest BCUT2D eigenvalue weighted by Gasteiger charge is -2.08. The second-order valence-electron chi connectivity index (χ2n) is 4.71. The van der Waals surface area contributed by atoms with Crippen molar-refractivity contribution >= 4 is 10.9 Å². The summed E-state index contributed by atoms with van der Waals surface area (Å²) >= 11 is 0. The van der Waals surface area contributed by atoms with Gasteiger partial charge in [0.1, 0.15) is 11.3 Å². The minimum absolute atomic E-state index is 0.0530. The third-order valence-electron chi connectivity index (χ3n) is 3.40. The van der Waals surface area contributed by atoms with E-state index in [1.165, 1.54) is 0 Å². The quantitative estimate of drug-likeness (QED) is 0.734. The van der Waals surface area contributed by atoms with Gasteiger partial charge in [-0.15, -0.1) is 0 Å². The van der Waals surface area contributed by atoms with Crippen LogP contribution in [0.3, 0.4) is 0 Å². The van der Waals surface area contributed by atoms with Crippen molar-refractivity contribution in [3.8, 4) is 5.75 Å². The van der Waals surface area contributed by atoms with Gasteiger partial charge in [0.15, 0.2) is 0 Å². The van der Waals surface area contributed by atoms with Crippen LogP contribution in [0.1, 0.15) is 5.56 Å². The molecule has 0 amide bonds. The van der Waals surface area contributed by atoms with E-state index in [0.29, 0.717) is 23.2 Å². The summed E-state index contributed by atoms with van der Waals surface area (Å²) in [6.07, 6.45) is 5.86. The molecule has 0 atom stereocenters. The molecule has 0 unspecified atom stereocenters. The van der Waals surface area contributed by atoms with E-state index in [1.807, 2.05) is 18.3 Å². The predicted molar refractivity (Wildman–Crippen MR) is 80.5 cm³/mol. The van der Waals surface area contributed by atoms with Gasteiger partial charge < -0.3 is 4.74 Å². The Morgan fingerprint density at radius 1 is 1.24 bits per heavy atom. The largest absolute Gasteiger partial charge is 0.494 e. The predicted octanol–water partition coefficient (Wildman–Crippen LogP) is 2.04. The molecule has 0 saturated carbocycles. The fourth-order valence-corrected chi connectivity index (χ4v) is 2.28. The van der Waals surface area contributed by atoms with Crippen LogP contribution in [-0.2, 0) is 13.0 Å². The maximum atomic E-state index is 12.5. The highest BCUT2D eigenvalue weighted by molar-refractivity contribution is 5.83. The molecular weight excluding hydrogens is 266 g/mol. The van der Waals surface area contributed by atoms with E-state index in [0.717, 1.165) is 12.0 Å². The molecule has 1 aromatic carbocycles. The van der Waals surface area contributed by atoms with Crippen LogP contribution in [0, 0.1) is 0 Å². The first kappa shape index (κ1) is 13.3. The molecule has 0 spiro atoms. The summed E-state index contributed by atoms with van der Waals surface area (Å²) in [5.41, 5.74) is 1.64. The molecule has 0 fully saturated rings. The molecule has 3 aromatic rings. The van der Waals surface area contributed by atoms with Crippen molar-refractivity contribution < 1.29 is 4.74 Å². The summed E-state index contributed by atoms with van der Waals surface area (Å²) in [6.45, 7) is 0.574. The molecule has 2 aromatic heterocycles. The maximum absolute atomic E-state index is 12.5. The molecule has 5 nitrogen and oxygen atoms in total. The first-order valence-corrected chi connectivity index (χ1v) is 6.70. The van der Waals surface area contributed by atoms with Gasteiger partial charge in [-0.1, -0.05) is 12.1 Å². The number of methoxy groups -OCH3 is 1. The highest BCUT2D eigenvalue weighted by Crippen LogP contribution is 2.20. The fourth-order valence-electron chi connectivity index (χ4n) is 2.28. The number of pyridine rings is 1. The third-order valence-corrected chi connectivity index (χ3v) is 3.40. The van der Waals surface area contributed by atoms with Crippen LogP contribution < -0.4 is 10.3 Å². The second-order valence-corrected chi connectivity index (χ2v) is 4.71. The van der Waals surface area contributed by atoms with Crippen LogP contribution in [0.15, 0.2) is 53.8 Å². The number of hydrogen-bond donors (Lipinski definition) is 0. The minimum atomic E-state index is -0.0530. The minimum Gasteiger partial charge on any atom is -0.494 e. The first-order chi connectivity index (χ1) is 10.3. The lowest BCUT2D eigenvalue weighted by atomic mass is 10.2. The Labute approximate surface area is 121 Å². The second kappa shape index (κ2) is 5.75. The number of rotatable bonds is 4. The SMILES string of the molecule is COc1cccc2c(=O)n(CCc3cccnc3)cnc12. The molecule has 2 heterocycles. The zero-order valence-corrected chi connectivity index (χ0v) is 11.7. The van der Waals surface area contributed by atoms with E-state index in [-0.39, 0.29) is 5.56 Å². The lowest BCUT2D eigenvalue weighted by Crippen LogP contribution is -2.21. The van der Waals surface area contributed by atoms with Crippen LogP contribution >= 0.6 is 0 Å². The van der Waals surface area contributed by atoms with Crippen LogP contribution in [0.25, 0.3) is 10.9 Å². The monoisotopic (exact) mass is 281 g/mol. The van der Waals surface area contributed by atoms with Crippen LogP contribution in [0.5, 0.6) is 5.75 Å². The fraction of sp³-hybridized carbons (Fsp3) is 0.188. The van der Waals surface area contributed by atoms with Crippen molar-refractivity contribution in [2.24, 2.45) is 0 Å². The third kappa shape index (κ3) is 2.63. The summed E-state index contributed by atoms with van der Waals surface area (Å²) in [5.74, 6) is 0.615. The van der Waals surface area contributed by atoms with E-state index < -0.39 is 0 Å². The highest BCUT2D eigenvalue weighted by Gasteiger charge is 2.08.